The van der Waals surface area contributed by atoms with Crippen LogP contribution in [0.15, 0.2) is 39.0 Å². The van der Waals surface area contributed by atoms with Gasteiger partial charge in [0, 0.05) is 35.1 Å². The fraction of sp³-hybridized carbons (Fsp3) is 0.444. The number of hydrogen-bond donors (Lipinski definition) is 0. The molecule has 1 saturated heterocycles. The summed E-state index contributed by atoms with van der Waals surface area (Å²) in [7, 11) is -0.778. The van der Waals surface area contributed by atoms with Gasteiger partial charge in [-0.1, -0.05) is 6.07 Å². The van der Waals surface area contributed by atoms with Gasteiger partial charge < -0.3 is 14.2 Å². The van der Waals surface area contributed by atoms with Gasteiger partial charge in [-0.05, 0) is 46.3 Å². The van der Waals surface area contributed by atoms with Gasteiger partial charge in [0.2, 0.25) is 10.0 Å². The quantitative estimate of drug-likeness (QED) is 0.579. The second-order valence-electron chi connectivity index (χ2n) is 6.15. The maximum Gasteiger partial charge on any atom is 0.244 e. The number of sulfonamides is 1. The third kappa shape index (κ3) is 4.65. The first-order valence-corrected chi connectivity index (χ1v) is 11.6. The van der Waals surface area contributed by atoms with Crippen molar-refractivity contribution in [1.82, 2.24) is 4.31 Å². The van der Waals surface area contributed by atoms with Crippen molar-refractivity contribution in [3.63, 3.8) is 0 Å². The number of hydrogen-bond acceptors (Lipinski definition) is 6. The van der Waals surface area contributed by atoms with Crippen molar-refractivity contribution < 1.29 is 22.6 Å². The molecule has 0 radical (unpaired) electrons. The highest BCUT2D eigenvalue weighted by Crippen LogP contribution is 2.37. The Morgan fingerprint density at radius 1 is 1.30 bits per heavy atom. The molecule has 27 heavy (non-hydrogen) atoms. The molecule has 0 spiro atoms. The molecule has 9 heteroatoms. The molecule has 0 unspecified atom stereocenters. The van der Waals surface area contributed by atoms with Crippen molar-refractivity contribution in [3.05, 3.63) is 39.0 Å². The van der Waals surface area contributed by atoms with Crippen LogP contribution >= 0.6 is 27.3 Å². The molecule has 1 fully saturated rings. The van der Waals surface area contributed by atoms with Gasteiger partial charge in [0.1, 0.15) is 4.90 Å². The predicted octanol–water partition coefficient (Wildman–Crippen LogP) is 3.90. The smallest absolute Gasteiger partial charge is 0.244 e. The van der Waals surface area contributed by atoms with E-state index in [1.54, 1.807) is 6.07 Å². The topological polar surface area (TPSA) is 65.1 Å². The third-order valence-electron chi connectivity index (χ3n) is 4.40. The van der Waals surface area contributed by atoms with E-state index in [0.717, 1.165) is 17.7 Å². The molecule has 1 aromatic heterocycles. The maximum absolute atomic E-state index is 13.5. The standard InChI is InChI=1S/C18H22BrNO5S2/c1-23-16-9-15(19)18(10-17(16)24-2)27(21,22)20(11-13-5-3-7-25-13)12-14-6-4-8-26-14/h4,6,8-10,13H,3,5,7,11-12H2,1-2H3/t13-/m1/s1. The van der Waals surface area contributed by atoms with Crippen LogP contribution in [-0.4, -0.2) is 46.2 Å². The largest absolute Gasteiger partial charge is 0.493 e. The molecular formula is C18H22BrNO5S2. The summed E-state index contributed by atoms with van der Waals surface area (Å²) in [5, 5.41) is 1.94. The first-order chi connectivity index (χ1) is 13.0. The van der Waals surface area contributed by atoms with Gasteiger partial charge in [-0.15, -0.1) is 11.3 Å². The normalized spacial score (nSPS) is 17.4. The number of benzene rings is 1. The van der Waals surface area contributed by atoms with E-state index in [0.29, 0.717) is 35.7 Å². The van der Waals surface area contributed by atoms with Crippen LogP contribution in [0.5, 0.6) is 11.5 Å². The summed E-state index contributed by atoms with van der Waals surface area (Å²) in [6.45, 7) is 1.30. The van der Waals surface area contributed by atoms with Crippen molar-refractivity contribution in [3.8, 4) is 11.5 Å². The maximum atomic E-state index is 13.5. The van der Waals surface area contributed by atoms with Gasteiger partial charge in [0.15, 0.2) is 11.5 Å². The van der Waals surface area contributed by atoms with E-state index < -0.39 is 10.0 Å². The van der Waals surface area contributed by atoms with Crippen molar-refractivity contribution in [2.45, 2.75) is 30.4 Å². The first kappa shape index (κ1) is 20.6. The van der Waals surface area contributed by atoms with E-state index in [2.05, 4.69) is 15.9 Å². The molecule has 0 aliphatic carbocycles. The molecule has 2 heterocycles. The molecule has 1 aliphatic rings. The van der Waals surface area contributed by atoms with Gasteiger partial charge in [0.05, 0.1) is 20.3 Å². The summed E-state index contributed by atoms with van der Waals surface area (Å²) in [5.41, 5.74) is 0. The lowest BCUT2D eigenvalue weighted by Crippen LogP contribution is -2.37. The summed E-state index contributed by atoms with van der Waals surface area (Å²) >= 11 is 4.91. The van der Waals surface area contributed by atoms with Crippen LogP contribution < -0.4 is 9.47 Å². The Labute approximate surface area is 172 Å². The van der Waals surface area contributed by atoms with Crippen LogP contribution in [-0.2, 0) is 21.3 Å². The molecule has 1 aromatic carbocycles. The van der Waals surface area contributed by atoms with E-state index in [1.807, 2.05) is 17.5 Å². The summed E-state index contributed by atoms with van der Waals surface area (Å²) in [5.74, 6) is 0.833. The molecule has 0 N–H and O–H groups in total. The van der Waals surface area contributed by atoms with Crippen LogP contribution in [0.1, 0.15) is 17.7 Å². The highest BCUT2D eigenvalue weighted by atomic mass is 79.9. The molecule has 0 amide bonds. The van der Waals surface area contributed by atoms with Gasteiger partial charge in [0.25, 0.3) is 0 Å². The summed E-state index contributed by atoms with van der Waals surface area (Å²) < 4.78 is 45.1. The minimum absolute atomic E-state index is 0.0846. The zero-order valence-electron chi connectivity index (χ0n) is 15.2. The van der Waals surface area contributed by atoms with Gasteiger partial charge in [-0.2, -0.15) is 4.31 Å². The van der Waals surface area contributed by atoms with Crippen LogP contribution in [0, 0.1) is 0 Å². The van der Waals surface area contributed by atoms with Crippen LogP contribution in [0.4, 0.5) is 0 Å². The van der Waals surface area contributed by atoms with Gasteiger partial charge >= 0.3 is 0 Å². The lowest BCUT2D eigenvalue weighted by atomic mass is 10.2. The van der Waals surface area contributed by atoms with Crippen LogP contribution in [0.25, 0.3) is 0 Å². The molecule has 2 aromatic rings. The zero-order chi connectivity index (χ0) is 19.4. The Kier molecular flexibility index (Phi) is 6.80. The molecule has 3 rings (SSSR count). The van der Waals surface area contributed by atoms with E-state index >= 15 is 0 Å². The minimum atomic E-state index is -3.78. The highest BCUT2D eigenvalue weighted by Gasteiger charge is 2.32. The van der Waals surface area contributed by atoms with Crippen molar-refractivity contribution in [1.29, 1.82) is 0 Å². The molecular weight excluding hydrogens is 454 g/mol. The Balaban J connectivity index is 1.98. The van der Waals surface area contributed by atoms with Crippen molar-refractivity contribution in [2.75, 3.05) is 27.4 Å². The Morgan fingerprint density at radius 3 is 2.63 bits per heavy atom. The second-order valence-corrected chi connectivity index (χ2v) is 9.94. The van der Waals surface area contributed by atoms with E-state index in [-0.39, 0.29) is 11.0 Å². The summed E-state index contributed by atoms with van der Waals surface area (Å²) in [6.07, 6.45) is 1.74. The molecule has 148 valence electrons. The molecule has 1 atom stereocenters. The third-order valence-corrected chi connectivity index (χ3v) is 8.03. The molecule has 1 aliphatic heterocycles. The lowest BCUT2D eigenvalue weighted by Gasteiger charge is -2.25. The second kappa shape index (κ2) is 8.91. The number of rotatable bonds is 8. The van der Waals surface area contributed by atoms with Crippen molar-refractivity contribution >= 4 is 37.3 Å². The molecule has 6 nitrogen and oxygen atoms in total. The number of methoxy groups -OCH3 is 2. The average molecular weight is 476 g/mol. The van der Waals surface area contributed by atoms with Crippen LogP contribution in [0.2, 0.25) is 0 Å². The van der Waals surface area contributed by atoms with E-state index in [9.17, 15) is 8.42 Å². The van der Waals surface area contributed by atoms with Crippen molar-refractivity contribution in [2.24, 2.45) is 0 Å². The molecule has 0 saturated carbocycles. The number of halogens is 1. The average Bonchev–Trinajstić information content (AvgIpc) is 3.34. The SMILES string of the molecule is COc1cc(Br)c(S(=O)(=O)N(Cc2cccs2)C[C@H]2CCCO2)cc1OC. The summed E-state index contributed by atoms with van der Waals surface area (Å²) in [6, 6.07) is 6.96. The van der Waals surface area contributed by atoms with Gasteiger partial charge in [-0.25, -0.2) is 8.42 Å². The monoisotopic (exact) mass is 475 g/mol. The van der Waals surface area contributed by atoms with E-state index in [4.69, 9.17) is 14.2 Å². The number of ether oxygens (including phenoxy) is 3. The number of nitrogens with zero attached hydrogens (tertiary/aromatic N) is 1. The Bertz CT molecular complexity index is 864. The summed E-state index contributed by atoms with van der Waals surface area (Å²) in [4.78, 5) is 1.13. The molecule has 0 bridgehead atoms. The fourth-order valence-electron chi connectivity index (χ4n) is 3.01. The fourth-order valence-corrected chi connectivity index (χ4v) is 6.26. The highest BCUT2D eigenvalue weighted by molar-refractivity contribution is 9.10. The minimum Gasteiger partial charge on any atom is -0.493 e. The predicted molar refractivity (Wildman–Crippen MR) is 108 cm³/mol. The first-order valence-electron chi connectivity index (χ1n) is 8.51. The Morgan fingerprint density at radius 2 is 2.04 bits per heavy atom. The zero-order valence-corrected chi connectivity index (χ0v) is 18.4. The lowest BCUT2D eigenvalue weighted by molar-refractivity contribution is 0.0927. The van der Waals surface area contributed by atoms with Gasteiger partial charge in [-0.3, -0.25) is 0 Å². The van der Waals surface area contributed by atoms with E-state index in [1.165, 1.54) is 35.9 Å². The number of thiophene rings is 1. The van der Waals surface area contributed by atoms with Crippen LogP contribution in [0.3, 0.4) is 0 Å². The Hall–Kier alpha value is -1.13.